The van der Waals surface area contributed by atoms with Crippen LogP contribution in [0.15, 0.2) is 22.7 Å². The Bertz CT molecular complexity index is 743. The minimum absolute atomic E-state index is 0.231. The molecule has 1 amide bonds. The van der Waals surface area contributed by atoms with Crippen LogP contribution in [0, 0.1) is 5.92 Å². The van der Waals surface area contributed by atoms with Crippen LogP contribution in [0.5, 0.6) is 0 Å². The maximum Gasteiger partial charge on any atom is 0.410 e. The number of piperidine rings is 1. The Hall–Kier alpha value is -1.82. The molecule has 0 N–H and O–H groups in total. The van der Waals surface area contributed by atoms with E-state index in [0.29, 0.717) is 31.2 Å². The van der Waals surface area contributed by atoms with E-state index in [1.165, 1.54) is 0 Å². The monoisotopic (exact) mass is 421 g/mol. The van der Waals surface area contributed by atoms with Crippen LogP contribution in [-0.2, 0) is 16.1 Å². The Morgan fingerprint density at radius 2 is 2.00 bits per heavy atom. The van der Waals surface area contributed by atoms with Gasteiger partial charge in [0.1, 0.15) is 12.2 Å². The van der Waals surface area contributed by atoms with E-state index in [1.54, 1.807) is 4.90 Å². The molecule has 2 heterocycles. The second kappa shape index (κ2) is 7.43. The van der Waals surface area contributed by atoms with E-state index in [9.17, 15) is 9.59 Å². The number of esters is 1. The fraction of sp³-hybridized carbons (Fsp3) is 0.500. The molecular weight excluding hydrogens is 398 g/mol. The number of cyclic esters (lactones) is 1. The van der Waals surface area contributed by atoms with Crippen molar-refractivity contribution in [2.24, 2.45) is 5.92 Å². The van der Waals surface area contributed by atoms with Gasteiger partial charge in [-0.05, 0) is 67.1 Å². The third kappa shape index (κ3) is 4.29. The van der Waals surface area contributed by atoms with Gasteiger partial charge in [0.2, 0.25) is 0 Å². The molecule has 0 atom stereocenters. The van der Waals surface area contributed by atoms with Crippen molar-refractivity contribution in [3.8, 4) is 0 Å². The lowest BCUT2D eigenvalue weighted by Gasteiger charge is -2.32. The van der Waals surface area contributed by atoms with Crippen molar-refractivity contribution in [3.63, 3.8) is 0 Å². The molecule has 1 saturated heterocycles. The number of hydrogen-bond donors (Lipinski definition) is 0. The van der Waals surface area contributed by atoms with E-state index >= 15 is 0 Å². The molecule has 0 aromatic heterocycles. The quantitative estimate of drug-likeness (QED) is 0.644. The molecule has 6 heteroatoms. The standard InChI is InChI=1S/C20H24BrNO4/c1-20(2,3)26-19(24)22-10-8-13(9-11-22)4-5-14-6-7-15-16(17(14)21)12-25-18(15)23/h4-7,13H,8-12H2,1-3H3/b5-4-. The van der Waals surface area contributed by atoms with E-state index < -0.39 is 5.60 Å². The molecule has 2 aliphatic heterocycles. The van der Waals surface area contributed by atoms with Gasteiger partial charge >= 0.3 is 12.1 Å². The predicted octanol–water partition coefficient (Wildman–Crippen LogP) is 4.78. The number of halogens is 1. The number of nitrogens with zero attached hydrogens (tertiary/aromatic N) is 1. The number of hydrogen-bond acceptors (Lipinski definition) is 4. The van der Waals surface area contributed by atoms with Crippen LogP contribution < -0.4 is 0 Å². The average Bonchev–Trinajstić information content (AvgIpc) is 2.95. The molecule has 1 aromatic rings. The number of fused-ring (bicyclic) bond motifs is 1. The van der Waals surface area contributed by atoms with Crippen molar-refractivity contribution in [1.29, 1.82) is 0 Å². The summed E-state index contributed by atoms with van der Waals surface area (Å²) < 4.78 is 11.4. The number of allylic oxidation sites excluding steroid dienone is 1. The maximum atomic E-state index is 12.1. The molecule has 0 bridgehead atoms. The molecule has 0 radical (unpaired) electrons. The highest BCUT2D eigenvalue weighted by atomic mass is 79.9. The van der Waals surface area contributed by atoms with Crippen molar-refractivity contribution >= 4 is 34.1 Å². The molecule has 0 unspecified atom stereocenters. The zero-order valence-electron chi connectivity index (χ0n) is 15.4. The highest BCUT2D eigenvalue weighted by molar-refractivity contribution is 9.10. The predicted molar refractivity (Wildman–Crippen MR) is 103 cm³/mol. The van der Waals surface area contributed by atoms with Crippen LogP contribution in [0.2, 0.25) is 0 Å². The van der Waals surface area contributed by atoms with Crippen molar-refractivity contribution in [2.45, 2.75) is 45.8 Å². The first-order valence-electron chi connectivity index (χ1n) is 8.89. The number of ether oxygens (including phenoxy) is 2. The SMILES string of the molecule is CC(C)(C)OC(=O)N1CCC(/C=C\c2ccc3c(c2Br)COC3=O)CC1. The van der Waals surface area contributed by atoms with Crippen LogP contribution in [0.4, 0.5) is 4.79 Å². The number of carbonyl (C=O) groups is 2. The van der Waals surface area contributed by atoms with Crippen LogP contribution >= 0.6 is 15.9 Å². The fourth-order valence-corrected chi connectivity index (χ4v) is 3.75. The Labute approximate surface area is 162 Å². The van der Waals surface area contributed by atoms with E-state index in [-0.39, 0.29) is 12.1 Å². The molecule has 0 spiro atoms. The number of benzene rings is 1. The van der Waals surface area contributed by atoms with Gasteiger partial charge in [-0.1, -0.05) is 18.2 Å². The van der Waals surface area contributed by atoms with Crippen molar-refractivity contribution < 1.29 is 19.1 Å². The minimum Gasteiger partial charge on any atom is -0.457 e. The van der Waals surface area contributed by atoms with Gasteiger partial charge in [-0.25, -0.2) is 9.59 Å². The molecule has 0 aliphatic carbocycles. The zero-order valence-corrected chi connectivity index (χ0v) is 17.0. The van der Waals surface area contributed by atoms with E-state index in [1.807, 2.05) is 32.9 Å². The number of likely N-dealkylation sites (tertiary alicyclic amines) is 1. The van der Waals surface area contributed by atoms with E-state index in [0.717, 1.165) is 28.4 Å². The highest BCUT2D eigenvalue weighted by Gasteiger charge is 2.26. The molecule has 2 aliphatic rings. The van der Waals surface area contributed by atoms with Crippen LogP contribution in [0.3, 0.4) is 0 Å². The molecule has 3 rings (SSSR count). The van der Waals surface area contributed by atoms with Gasteiger partial charge in [-0.15, -0.1) is 0 Å². The fourth-order valence-electron chi connectivity index (χ4n) is 3.16. The summed E-state index contributed by atoms with van der Waals surface area (Å²) in [5, 5.41) is 0. The second-order valence-corrected chi connectivity index (χ2v) is 8.53. The summed E-state index contributed by atoms with van der Waals surface area (Å²) in [5.41, 5.74) is 2.13. The summed E-state index contributed by atoms with van der Waals surface area (Å²) in [6, 6.07) is 3.75. The smallest absolute Gasteiger partial charge is 0.410 e. The summed E-state index contributed by atoms with van der Waals surface area (Å²) in [6.45, 7) is 7.38. The van der Waals surface area contributed by atoms with E-state index in [2.05, 4.69) is 28.1 Å². The molecule has 1 aromatic carbocycles. The lowest BCUT2D eigenvalue weighted by atomic mass is 9.95. The first kappa shape index (κ1) is 19.0. The van der Waals surface area contributed by atoms with Gasteiger partial charge < -0.3 is 14.4 Å². The van der Waals surface area contributed by atoms with Gasteiger partial charge in [-0.2, -0.15) is 0 Å². The molecule has 26 heavy (non-hydrogen) atoms. The minimum atomic E-state index is -0.460. The van der Waals surface area contributed by atoms with Gasteiger partial charge in [0.25, 0.3) is 0 Å². The zero-order chi connectivity index (χ0) is 18.9. The summed E-state index contributed by atoms with van der Waals surface area (Å²) in [7, 11) is 0. The Kier molecular flexibility index (Phi) is 5.42. The number of amides is 1. The van der Waals surface area contributed by atoms with Crippen LogP contribution in [0.25, 0.3) is 6.08 Å². The van der Waals surface area contributed by atoms with Crippen molar-refractivity contribution in [2.75, 3.05) is 13.1 Å². The largest absolute Gasteiger partial charge is 0.457 e. The number of rotatable bonds is 2. The normalized spacial score (nSPS) is 18.2. The van der Waals surface area contributed by atoms with Gasteiger partial charge in [0.15, 0.2) is 0 Å². The second-order valence-electron chi connectivity index (χ2n) is 7.73. The third-order valence-electron chi connectivity index (χ3n) is 4.58. The average molecular weight is 422 g/mol. The lowest BCUT2D eigenvalue weighted by Crippen LogP contribution is -2.41. The molecule has 140 valence electrons. The van der Waals surface area contributed by atoms with Crippen molar-refractivity contribution in [1.82, 2.24) is 4.90 Å². The Morgan fingerprint density at radius 3 is 2.65 bits per heavy atom. The first-order chi connectivity index (χ1) is 12.2. The number of carbonyl (C=O) groups excluding carboxylic acids is 2. The third-order valence-corrected chi connectivity index (χ3v) is 5.52. The van der Waals surface area contributed by atoms with Crippen molar-refractivity contribution in [3.05, 3.63) is 39.4 Å². The maximum absolute atomic E-state index is 12.1. The lowest BCUT2D eigenvalue weighted by molar-refractivity contribution is 0.0197. The summed E-state index contributed by atoms with van der Waals surface area (Å²) >= 11 is 3.59. The van der Waals surface area contributed by atoms with E-state index in [4.69, 9.17) is 9.47 Å². The Balaban J connectivity index is 1.58. The molecule has 1 fully saturated rings. The highest BCUT2D eigenvalue weighted by Crippen LogP contribution is 2.32. The summed E-state index contributed by atoms with van der Waals surface area (Å²) in [4.78, 5) is 25.5. The van der Waals surface area contributed by atoms with Crippen LogP contribution in [-0.4, -0.2) is 35.7 Å². The molecule has 0 saturated carbocycles. The molecular formula is C20H24BrNO4. The first-order valence-corrected chi connectivity index (χ1v) is 9.68. The van der Waals surface area contributed by atoms with Gasteiger partial charge in [0.05, 0.1) is 5.56 Å². The van der Waals surface area contributed by atoms with Crippen LogP contribution in [0.1, 0.15) is 55.1 Å². The Morgan fingerprint density at radius 1 is 1.31 bits per heavy atom. The summed E-state index contributed by atoms with van der Waals surface area (Å²) in [5.74, 6) is 0.164. The topological polar surface area (TPSA) is 55.8 Å². The summed E-state index contributed by atoms with van der Waals surface area (Å²) in [6.07, 6.45) is 5.88. The van der Waals surface area contributed by atoms with Gasteiger partial charge in [-0.3, -0.25) is 0 Å². The van der Waals surface area contributed by atoms with Gasteiger partial charge in [0, 0.05) is 23.1 Å². The molecule has 5 nitrogen and oxygen atoms in total.